The highest BCUT2D eigenvalue weighted by atomic mass is 35.5. The number of hydrogen-bond donors (Lipinski definition) is 3. The molecule has 0 bridgehead atoms. The topological polar surface area (TPSA) is 109 Å². The lowest BCUT2D eigenvalue weighted by molar-refractivity contribution is -0.140. The molecule has 7 nitrogen and oxygen atoms in total. The smallest absolute Gasteiger partial charge is 0.243 e. The summed E-state index contributed by atoms with van der Waals surface area (Å²) in [6, 6.07) is 7.52. The molecule has 0 radical (unpaired) electrons. The molecule has 0 aliphatic carbocycles. The zero-order valence-corrected chi connectivity index (χ0v) is 18.5. The number of amides is 2. The average Bonchev–Trinajstić information content (AvgIpc) is 3.27. The van der Waals surface area contributed by atoms with E-state index in [-0.39, 0.29) is 24.3 Å². The predicted molar refractivity (Wildman–Crippen MR) is 120 cm³/mol. The molecule has 1 aliphatic heterocycles. The Morgan fingerprint density at radius 3 is 2.61 bits per heavy atom. The number of aromatic nitrogens is 1. The molecule has 1 aliphatic rings. The van der Waals surface area contributed by atoms with Crippen molar-refractivity contribution in [2.24, 2.45) is 11.7 Å². The van der Waals surface area contributed by atoms with Gasteiger partial charge in [0.1, 0.15) is 6.04 Å². The molecule has 1 aromatic carbocycles. The van der Waals surface area contributed by atoms with Crippen LogP contribution in [0.25, 0.3) is 11.1 Å². The van der Waals surface area contributed by atoms with Crippen molar-refractivity contribution in [3.63, 3.8) is 0 Å². The van der Waals surface area contributed by atoms with Gasteiger partial charge in [-0.25, -0.2) is 0 Å². The molecular weight excluding hydrogens is 416 g/mol. The number of carbonyl (C=O) groups excluding carboxylic acids is 2. The minimum atomic E-state index is -0.630. The molecule has 0 unspecified atom stereocenters. The molecule has 2 aromatic rings. The summed E-state index contributed by atoms with van der Waals surface area (Å²) in [4.78, 5) is 31.2. The predicted octanol–water partition coefficient (Wildman–Crippen LogP) is 2.53. The Morgan fingerprint density at radius 2 is 2.00 bits per heavy atom. The van der Waals surface area contributed by atoms with Crippen LogP contribution in [-0.2, 0) is 9.59 Å². The number of nitrogens with one attached hydrogen (secondary N) is 1. The molecule has 31 heavy (non-hydrogen) atoms. The van der Waals surface area contributed by atoms with E-state index in [9.17, 15) is 14.7 Å². The third kappa shape index (κ3) is 5.23. The van der Waals surface area contributed by atoms with Crippen LogP contribution in [0.2, 0.25) is 5.02 Å². The third-order valence-corrected chi connectivity index (χ3v) is 6.04. The molecule has 8 heteroatoms. The minimum Gasteiger partial charge on any atom is -0.394 e. The fourth-order valence-electron chi connectivity index (χ4n) is 3.79. The second kappa shape index (κ2) is 10.2. The molecule has 1 aromatic heterocycles. The van der Waals surface area contributed by atoms with E-state index in [0.29, 0.717) is 18.0 Å². The number of nitrogens with two attached hydrogens (primary N) is 1. The van der Waals surface area contributed by atoms with Crippen molar-refractivity contribution in [2.75, 3.05) is 13.2 Å². The first-order valence-corrected chi connectivity index (χ1v) is 10.9. The normalized spacial score (nSPS) is 18.1. The van der Waals surface area contributed by atoms with Crippen molar-refractivity contribution in [3.8, 4) is 11.1 Å². The van der Waals surface area contributed by atoms with Gasteiger partial charge >= 0.3 is 0 Å². The van der Waals surface area contributed by atoms with E-state index in [1.54, 1.807) is 17.3 Å². The lowest BCUT2D eigenvalue weighted by Crippen LogP contribution is -2.53. The highest BCUT2D eigenvalue weighted by molar-refractivity contribution is 6.33. The van der Waals surface area contributed by atoms with E-state index in [1.807, 2.05) is 44.2 Å². The summed E-state index contributed by atoms with van der Waals surface area (Å²) in [6.07, 6.45) is 4.59. The Kier molecular flexibility index (Phi) is 7.64. The zero-order chi connectivity index (χ0) is 22.5. The molecule has 1 saturated heterocycles. The van der Waals surface area contributed by atoms with Crippen molar-refractivity contribution in [2.45, 2.75) is 44.8 Å². The molecular formula is C23H29ClN4O3. The number of benzene rings is 1. The van der Waals surface area contributed by atoms with E-state index in [1.165, 1.54) is 0 Å². The number of nitrogens with zero attached hydrogens (tertiary/aromatic N) is 2. The Hall–Kier alpha value is -2.48. The van der Waals surface area contributed by atoms with Gasteiger partial charge in [0.15, 0.2) is 0 Å². The first-order valence-electron chi connectivity index (χ1n) is 10.5. The molecule has 3 atom stereocenters. The summed E-state index contributed by atoms with van der Waals surface area (Å²) in [5.41, 5.74) is 8.55. The number of rotatable bonds is 7. The summed E-state index contributed by atoms with van der Waals surface area (Å²) >= 11 is 6.21. The average molecular weight is 445 g/mol. The molecule has 2 amide bonds. The molecule has 1 fully saturated rings. The minimum absolute atomic E-state index is 0.00517. The van der Waals surface area contributed by atoms with Crippen LogP contribution in [0, 0.1) is 5.92 Å². The highest BCUT2D eigenvalue weighted by Gasteiger charge is 2.37. The van der Waals surface area contributed by atoms with Crippen molar-refractivity contribution in [1.82, 2.24) is 15.2 Å². The number of carbonyl (C=O) groups is 2. The van der Waals surface area contributed by atoms with Gasteiger partial charge in [0, 0.05) is 24.5 Å². The van der Waals surface area contributed by atoms with Gasteiger partial charge in [-0.05, 0) is 36.0 Å². The number of hydrogen-bond acceptors (Lipinski definition) is 5. The maximum absolute atomic E-state index is 12.9. The second-order valence-electron chi connectivity index (χ2n) is 8.18. The van der Waals surface area contributed by atoms with Crippen LogP contribution in [0.5, 0.6) is 0 Å². The Balaban J connectivity index is 1.71. The highest BCUT2D eigenvalue weighted by Crippen LogP contribution is 2.28. The van der Waals surface area contributed by atoms with Crippen LogP contribution in [-0.4, -0.2) is 52.0 Å². The van der Waals surface area contributed by atoms with Gasteiger partial charge in [-0.15, -0.1) is 0 Å². The first-order chi connectivity index (χ1) is 14.8. The maximum Gasteiger partial charge on any atom is 0.243 e. The van der Waals surface area contributed by atoms with Gasteiger partial charge in [-0.2, -0.15) is 0 Å². The second-order valence-corrected chi connectivity index (χ2v) is 8.59. The summed E-state index contributed by atoms with van der Waals surface area (Å²) in [7, 11) is 0. The summed E-state index contributed by atoms with van der Waals surface area (Å²) in [5, 5.41) is 13.3. The van der Waals surface area contributed by atoms with Gasteiger partial charge in [0.05, 0.1) is 23.7 Å². The molecule has 0 spiro atoms. The fraction of sp³-hybridized carbons (Fsp3) is 0.435. The van der Waals surface area contributed by atoms with Gasteiger partial charge in [-0.3, -0.25) is 14.6 Å². The molecule has 0 saturated carbocycles. The van der Waals surface area contributed by atoms with Crippen LogP contribution in [0.3, 0.4) is 0 Å². The van der Waals surface area contributed by atoms with E-state index in [0.717, 1.165) is 23.1 Å². The Morgan fingerprint density at radius 1 is 1.29 bits per heavy atom. The standard InChI is InChI=1S/C23H29ClN4O3/c1-14(2)21(25)23(31)28-11-3-4-20(28)22(30)27-19(13-29)16-7-5-15(6-8-16)17-9-10-26-12-18(17)24/h5-10,12,14,19-21,29H,3-4,11,13,25H2,1-2H3,(H,27,30)/t19-,20-,21-/m0/s1. The quantitative estimate of drug-likeness (QED) is 0.608. The van der Waals surface area contributed by atoms with Crippen LogP contribution >= 0.6 is 11.6 Å². The van der Waals surface area contributed by atoms with Crippen molar-refractivity contribution in [1.29, 1.82) is 0 Å². The van der Waals surface area contributed by atoms with E-state index in [4.69, 9.17) is 17.3 Å². The van der Waals surface area contributed by atoms with Gasteiger partial charge in [0.25, 0.3) is 0 Å². The number of pyridine rings is 1. The third-order valence-electron chi connectivity index (χ3n) is 5.74. The number of likely N-dealkylation sites (tertiary alicyclic amines) is 1. The van der Waals surface area contributed by atoms with Crippen LogP contribution < -0.4 is 11.1 Å². The first kappa shape index (κ1) is 23.2. The van der Waals surface area contributed by atoms with Crippen LogP contribution in [0.4, 0.5) is 0 Å². The van der Waals surface area contributed by atoms with Gasteiger partial charge in [0.2, 0.25) is 11.8 Å². The summed E-state index contributed by atoms with van der Waals surface area (Å²) < 4.78 is 0. The Bertz CT molecular complexity index is 919. The Labute approximate surface area is 187 Å². The number of aliphatic hydroxyl groups is 1. The van der Waals surface area contributed by atoms with E-state index in [2.05, 4.69) is 10.3 Å². The summed E-state index contributed by atoms with van der Waals surface area (Å²) in [5.74, 6) is -0.483. The lowest BCUT2D eigenvalue weighted by Gasteiger charge is -2.29. The maximum atomic E-state index is 12.9. The fourth-order valence-corrected chi connectivity index (χ4v) is 4.01. The zero-order valence-electron chi connectivity index (χ0n) is 17.8. The monoisotopic (exact) mass is 444 g/mol. The van der Waals surface area contributed by atoms with Crippen molar-refractivity contribution < 1.29 is 14.7 Å². The molecule has 3 rings (SSSR count). The number of aliphatic hydroxyl groups excluding tert-OH is 1. The largest absolute Gasteiger partial charge is 0.394 e. The van der Waals surface area contributed by atoms with E-state index < -0.39 is 18.1 Å². The summed E-state index contributed by atoms with van der Waals surface area (Å²) in [6.45, 7) is 4.03. The van der Waals surface area contributed by atoms with Crippen LogP contribution in [0.1, 0.15) is 38.3 Å². The van der Waals surface area contributed by atoms with Gasteiger partial charge < -0.3 is 21.1 Å². The van der Waals surface area contributed by atoms with Gasteiger partial charge in [-0.1, -0.05) is 49.7 Å². The van der Waals surface area contributed by atoms with Crippen molar-refractivity contribution in [3.05, 3.63) is 53.3 Å². The van der Waals surface area contributed by atoms with Crippen molar-refractivity contribution >= 4 is 23.4 Å². The lowest BCUT2D eigenvalue weighted by atomic mass is 10.0. The molecule has 166 valence electrons. The van der Waals surface area contributed by atoms with Crippen LogP contribution in [0.15, 0.2) is 42.7 Å². The number of halogens is 1. The van der Waals surface area contributed by atoms with E-state index >= 15 is 0 Å². The SMILES string of the molecule is CC(C)[C@H](N)C(=O)N1CCC[C@H]1C(=O)N[C@@H](CO)c1ccc(-c2ccncc2Cl)cc1. The molecule has 2 heterocycles. The molecule has 4 N–H and O–H groups in total.